The molecule has 106 valence electrons. The number of carbonyl (C=O) groups excluding carboxylic acids is 1. The van der Waals surface area contributed by atoms with Crippen molar-refractivity contribution in [2.75, 3.05) is 40.1 Å². The van der Waals surface area contributed by atoms with Gasteiger partial charge in [-0.05, 0) is 25.8 Å². The summed E-state index contributed by atoms with van der Waals surface area (Å²) in [5.74, 6) is -0.127. The first-order chi connectivity index (χ1) is 8.83. The van der Waals surface area contributed by atoms with Gasteiger partial charge in [0.15, 0.2) is 0 Å². The Morgan fingerprint density at radius 2 is 2.06 bits per heavy atom. The van der Waals surface area contributed by atoms with E-state index >= 15 is 0 Å². The van der Waals surface area contributed by atoms with Crippen molar-refractivity contribution in [1.29, 1.82) is 0 Å². The van der Waals surface area contributed by atoms with Crippen LogP contribution in [0.15, 0.2) is 0 Å². The van der Waals surface area contributed by atoms with Gasteiger partial charge < -0.3 is 19.5 Å². The van der Waals surface area contributed by atoms with Crippen LogP contribution in [0.3, 0.4) is 0 Å². The van der Waals surface area contributed by atoms with Gasteiger partial charge in [-0.1, -0.05) is 6.42 Å². The normalized spacial score (nSPS) is 19.7. The van der Waals surface area contributed by atoms with E-state index in [2.05, 4.69) is 5.32 Å². The quantitative estimate of drug-likeness (QED) is 0.496. The number of piperidine rings is 1. The fourth-order valence-corrected chi connectivity index (χ4v) is 1.99. The van der Waals surface area contributed by atoms with Crippen molar-refractivity contribution >= 4 is 5.97 Å². The molecule has 18 heavy (non-hydrogen) atoms. The standard InChI is InChI=1S/C13H25NO4/c1-16-8-9-17-10-11-18-13(15)6-5-12-4-2-3-7-14-12/h12,14H,2-11H2,1H3. The van der Waals surface area contributed by atoms with Gasteiger partial charge in [0, 0.05) is 19.6 Å². The predicted molar refractivity (Wildman–Crippen MR) is 68.5 cm³/mol. The van der Waals surface area contributed by atoms with Crippen molar-refractivity contribution in [3.63, 3.8) is 0 Å². The molecule has 1 atom stereocenters. The number of esters is 1. The summed E-state index contributed by atoms with van der Waals surface area (Å²) >= 11 is 0. The van der Waals surface area contributed by atoms with Crippen LogP contribution in [-0.4, -0.2) is 52.1 Å². The van der Waals surface area contributed by atoms with E-state index in [9.17, 15) is 4.79 Å². The predicted octanol–water partition coefficient (Wildman–Crippen LogP) is 1.11. The molecule has 0 bridgehead atoms. The summed E-state index contributed by atoms with van der Waals surface area (Å²) in [7, 11) is 1.63. The molecular weight excluding hydrogens is 234 g/mol. The first kappa shape index (κ1) is 15.4. The summed E-state index contributed by atoms with van der Waals surface area (Å²) < 4.78 is 15.1. The number of ether oxygens (including phenoxy) is 3. The maximum Gasteiger partial charge on any atom is 0.305 e. The smallest absolute Gasteiger partial charge is 0.305 e. The van der Waals surface area contributed by atoms with Gasteiger partial charge in [-0.15, -0.1) is 0 Å². The Labute approximate surface area is 109 Å². The van der Waals surface area contributed by atoms with Gasteiger partial charge in [-0.2, -0.15) is 0 Å². The summed E-state index contributed by atoms with van der Waals surface area (Å²) in [4.78, 5) is 11.4. The Balaban J connectivity index is 1.90. The topological polar surface area (TPSA) is 56.8 Å². The summed E-state index contributed by atoms with van der Waals surface area (Å²) in [6.07, 6.45) is 5.06. The molecular formula is C13H25NO4. The second-order valence-corrected chi connectivity index (χ2v) is 4.51. The molecule has 0 aliphatic carbocycles. The Hall–Kier alpha value is -0.650. The van der Waals surface area contributed by atoms with Crippen LogP contribution in [0.4, 0.5) is 0 Å². The minimum Gasteiger partial charge on any atom is -0.463 e. The molecule has 1 aliphatic heterocycles. The molecule has 0 spiro atoms. The van der Waals surface area contributed by atoms with Crippen LogP contribution in [-0.2, 0) is 19.0 Å². The van der Waals surface area contributed by atoms with Crippen LogP contribution < -0.4 is 5.32 Å². The Morgan fingerprint density at radius 1 is 1.22 bits per heavy atom. The summed E-state index contributed by atoms with van der Waals surface area (Å²) in [5.41, 5.74) is 0. The third-order valence-corrected chi connectivity index (χ3v) is 3.03. The molecule has 1 N–H and O–H groups in total. The van der Waals surface area contributed by atoms with E-state index < -0.39 is 0 Å². The molecule has 0 aromatic carbocycles. The largest absolute Gasteiger partial charge is 0.463 e. The van der Waals surface area contributed by atoms with Crippen LogP contribution in [0.1, 0.15) is 32.1 Å². The second-order valence-electron chi connectivity index (χ2n) is 4.51. The molecule has 0 aromatic heterocycles. The fourth-order valence-electron chi connectivity index (χ4n) is 1.99. The van der Waals surface area contributed by atoms with Crippen LogP contribution in [0.2, 0.25) is 0 Å². The van der Waals surface area contributed by atoms with Crippen LogP contribution in [0.5, 0.6) is 0 Å². The minimum atomic E-state index is -0.127. The van der Waals surface area contributed by atoms with Crippen LogP contribution in [0.25, 0.3) is 0 Å². The van der Waals surface area contributed by atoms with Gasteiger partial charge in [-0.25, -0.2) is 0 Å². The van der Waals surface area contributed by atoms with Crippen LogP contribution in [0, 0.1) is 0 Å². The highest BCUT2D eigenvalue weighted by molar-refractivity contribution is 5.69. The molecule has 0 radical (unpaired) electrons. The zero-order chi connectivity index (χ0) is 13.1. The maximum absolute atomic E-state index is 11.4. The molecule has 0 aromatic rings. The summed E-state index contributed by atoms with van der Waals surface area (Å²) in [6, 6.07) is 0.490. The summed E-state index contributed by atoms with van der Waals surface area (Å²) in [6.45, 7) is 2.96. The van der Waals surface area contributed by atoms with Crippen LogP contribution >= 0.6 is 0 Å². The van der Waals surface area contributed by atoms with E-state index in [4.69, 9.17) is 14.2 Å². The lowest BCUT2D eigenvalue weighted by Gasteiger charge is -2.22. The minimum absolute atomic E-state index is 0.127. The van der Waals surface area contributed by atoms with Crippen molar-refractivity contribution in [3.05, 3.63) is 0 Å². The molecule has 1 unspecified atom stereocenters. The highest BCUT2D eigenvalue weighted by Gasteiger charge is 2.14. The monoisotopic (exact) mass is 259 g/mol. The molecule has 1 fully saturated rings. The highest BCUT2D eigenvalue weighted by Crippen LogP contribution is 2.11. The first-order valence-electron chi connectivity index (χ1n) is 6.78. The van der Waals surface area contributed by atoms with Gasteiger partial charge >= 0.3 is 5.97 Å². The number of hydrogen-bond acceptors (Lipinski definition) is 5. The lowest BCUT2D eigenvalue weighted by Crippen LogP contribution is -2.34. The van der Waals surface area contributed by atoms with Gasteiger partial charge in [0.1, 0.15) is 6.61 Å². The molecule has 0 amide bonds. The van der Waals surface area contributed by atoms with Gasteiger partial charge in [-0.3, -0.25) is 4.79 Å². The lowest BCUT2D eigenvalue weighted by molar-refractivity contribution is -0.145. The lowest BCUT2D eigenvalue weighted by atomic mass is 10.0. The van der Waals surface area contributed by atoms with Crippen molar-refractivity contribution < 1.29 is 19.0 Å². The molecule has 1 aliphatic rings. The first-order valence-corrected chi connectivity index (χ1v) is 6.78. The van der Waals surface area contributed by atoms with Crippen molar-refractivity contribution in [3.8, 4) is 0 Å². The van der Waals surface area contributed by atoms with Crippen molar-refractivity contribution in [2.24, 2.45) is 0 Å². The van der Waals surface area contributed by atoms with E-state index in [0.29, 0.717) is 38.9 Å². The van der Waals surface area contributed by atoms with E-state index in [-0.39, 0.29) is 5.97 Å². The van der Waals surface area contributed by atoms with Gasteiger partial charge in [0.05, 0.1) is 19.8 Å². The Kier molecular flexibility index (Phi) is 8.81. The average Bonchev–Trinajstić information content (AvgIpc) is 2.41. The fraction of sp³-hybridized carbons (Fsp3) is 0.923. The average molecular weight is 259 g/mol. The van der Waals surface area contributed by atoms with Gasteiger partial charge in [0.25, 0.3) is 0 Å². The third-order valence-electron chi connectivity index (χ3n) is 3.03. The number of rotatable bonds is 9. The van der Waals surface area contributed by atoms with Gasteiger partial charge in [0.2, 0.25) is 0 Å². The van der Waals surface area contributed by atoms with Crippen molar-refractivity contribution in [1.82, 2.24) is 5.32 Å². The molecule has 0 saturated carbocycles. The van der Waals surface area contributed by atoms with E-state index in [1.807, 2.05) is 0 Å². The Morgan fingerprint density at radius 3 is 2.78 bits per heavy atom. The van der Waals surface area contributed by atoms with E-state index in [0.717, 1.165) is 13.0 Å². The third kappa shape index (κ3) is 7.63. The molecule has 5 heteroatoms. The number of carbonyl (C=O) groups is 1. The SMILES string of the molecule is COCCOCCOC(=O)CCC1CCCCN1. The number of hydrogen-bond donors (Lipinski definition) is 1. The zero-order valence-electron chi connectivity index (χ0n) is 11.3. The summed E-state index contributed by atoms with van der Waals surface area (Å²) in [5, 5.41) is 3.42. The number of methoxy groups -OCH3 is 1. The van der Waals surface area contributed by atoms with E-state index in [1.165, 1.54) is 19.3 Å². The highest BCUT2D eigenvalue weighted by atomic mass is 16.6. The zero-order valence-corrected chi connectivity index (χ0v) is 11.3. The molecule has 1 saturated heterocycles. The second kappa shape index (κ2) is 10.3. The molecule has 1 heterocycles. The molecule has 5 nitrogen and oxygen atoms in total. The van der Waals surface area contributed by atoms with E-state index in [1.54, 1.807) is 7.11 Å². The maximum atomic E-state index is 11.4. The molecule has 1 rings (SSSR count). The number of nitrogens with one attached hydrogen (secondary N) is 1. The van der Waals surface area contributed by atoms with Crippen molar-refractivity contribution in [2.45, 2.75) is 38.1 Å². The Bertz CT molecular complexity index is 217.